The number of benzene rings is 1. The summed E-state index contributed by atoms with van der Waals surface area (Å²) in [6, 6.07) is 10.5. The first-order valence-corrected chi connectivity index (χ1v) is 8.06. The van der Waals surface area contributed by atoms with Gasteiger partial charge in [-0.3, -0.25) is 0 Å². The highest BCUT2D eigenvalue weighted by Crippen LogP contribution is 2.30. The molecule has 104 valence electrons. The molecule has 0 unspecified atom stereocenters. The first-order valence-electron chi connectivity index (χ1n) is 6.41. The van der Waals surface area contributed by atoms with E-state index in [0.717, 1.165) is 12.8 Å². The predicted molar refractivity (Wildman–Crippen MR) is 73.7 cm³/mol. The molecular formula is C14H15N3O2S. The van der Waals surface area contributed by atoms with Gasteiger partial charge in [-0.05, 0) is 30.5 Å². The van der Waals surface area contributed by atoms with Crippen LogP contribution in [0.4, 0.5) is 0 Å². The zero-order valence-electron chi connectivity index (χ0n) is 11.0. The van der Waals surface area contributed by atoms with E-state index in [1.807, 2.05) is 6.07 Å². The Morgan fingerprint density at radius 3 is 2.25 bits per heavy atom. The van der Waals surface area contributed by atoms with E-state index in [0.29, 0.717) is 24.0 Å². The van der Waals surface area contributed by atoms with Gasteiger partial charge < -0.3 is 0 Å². The topological polar surface area (TPSA) is 93.8 Å². The van der Waals surface area contributed by atoms with E-state index in [-0.39, 0.29) is 5.75 Å². The molecule has 2 rings (SSSR count). The monoisotopic (exact) mass is 289 g/mol. The van der Waals surface area contributed by atoms with Crippen molar-refractivity contribution in [2.45, 2.75) is 37.0 Å². The molecule has 1 saturated carbocycles. The highest BCUT2D eigenvalue weighted by Gasteiger charge is 2.37. The van der Waals surface area contributed by atoms with Crippen LogP contribution >= 0.6 is 0 Å². The highest BCUT2D eigenvalue weighted by atomic mass is 32.2. The average molecular weight is 289 g/mol. The minimum absolute atomic E-state index is 0.178. The molecule has 20 heavy (non-hydrogen) atoms. The summed E-state index contributed by atoms with van der Waals surface area (Å²) >= 11 is 0. The molecule has 0 radical (unpaired) electrons. The molecule has 6 heteroatoms. The normalized spacial score (nSPS) is 17.3. The second-order valence-corrected chi connectivity index (χ2v) is 6.79. The minimum atomic E-state index is -3.56. The second-order valence-electron chi connectivity index (χ2n) is 5.07. The first-order chi connectivity index (χ1) is 9.49. The molecule has 0 aromatic heterocycles. The van der Waals surface area contributed by atoms with E-state index < -0.39 is 15.6 Å². The Hall–Kier alpha value is -1.89. The largest absolute Gasteiger partial charge is 0.217 e. The number of nitrogens with one attached hydrogen (secondary N) is 1. The van der Waals surface area contributed by atoms with Crippen LogP contribution in [0.3, 0.4) is 0 Å². The lowest BCUT2D eigenvalue weighted by Crippen LogP contribution is -2.45. The van der Waals surface area contributed by atoms with Gasteiger partial charge in [-0.2, -0.15) is 15.2 Å². The van der Waals surface area contributed by atoms with Gasteiger partial charge in [-0.1, -0.05) is 25.0 Å². The summed E-state index contributed by atoms with van der Waals surface area (Å²) in [5.74, 6) is -0.178. The van der Waals surface area contributed by atoms with Crippen LogP contribution < -0.4 is 4.72 Å². The van der Waals surface area contributed by atoms with Crippen molar-refractivity contribution < 1.29 is 8.42 Å². The molecule has 0 spiro atoms. The van der Waals surface area contributed by atoms with E-state index in [9.17, 15) is 13.7 Å². The number of sulfonamides is 1. The van der Waals surface area contributed by atoms with E-state index in [2.05, 4.69) is 10.8 Å². The Kier molecular flexibility index (Phi) is 4.08. The van der Waals surface area contributed by atoms with Crippen LogP contribution in [0.5, 0.6) is 0 Å². The zero-order chi connectivity index (χ0) is 14.6. The molecule has 0 aliphatic heterocycles. The molecular weight excluding hydrogens is 274 g/mol. The van der Waals surface area contributed by atoms with E-state index >= 15 is 0 Å². The van der Waals surface area contributed by atoms with E-state index in [1.165, 1.54) is 0 Å². The SMILES string of the molecule is N#Cc1ccc(CS(=O)(=O)NC2(C#N)CCCC2)cc1. The Morgan fingerprint density at radius 1 is 1.15 bits per heavy atom. The summed E-state index contributed by atoms with van der Waals surface area (Å²) in [7, 11) is -3.56. The third-order valence-electron chi connectivity index (χ3n) is 3.46. The van der Waals surface area contributed by atoms with Gasteiger partial charge in [0.2, 0.25) is 10.0 Å². The molecule has 1 N–H and O–H groups in total. The smallest absolute Gasteiger partial charge is 0.212 e. The summed E-state index contributed by atoms with van der Waals surface area (Å²) in [6.45, 7) is 0. The van der Waals surface area contributed by atoms with E-state index in [1.54, 1.807) is 24.3 Å². The fourth-order valence-corrected chi connectivity index (χ4v) is 3.99. The first kappa shape index (κ1) is 14.5. The summed E-state index contributed by atoms with van der Waals surface area (Å²) < 4.78 is 26.8. The summed E-state index contributed by atoms with van der Waals surface area (Å²) in [5.41, 5.74) is 0.150. The molecule has 1 aliphatic rings. The average Bonchev–Trinajstić information content (AvgIpc) is 2.87. The maximum atomic E-state index is 12.1. The molecule has 1 aliphatic carbocycles. The molecule has 1 aromatic carbocycles. The third kappa shape index (κ3) is 3.36. The Bertz CT molecular complexity index is 660. The minimum Gasteiger partial charge on any atom is -0.212 e. The zero-order valence-corrected chi connectivity index (χ0v) is 11.8. The van der Waals surface area contributed by atoms with Crippen LogP contribution in [0.25, 0.3) is 0 Å². The second kappa shape index (κ2) is 5.62. The molecule has 0 heterocycles. The molecule has 0 saturated heterocycles. The number of rotatable bonds is 4. The van der Waals surface area contributed by atoms with Crippen LogP contribution in [-0.4, -0.2) is 14.0 Å². The van der Waals surface area contributed by atoms with Crippen LogP contribution in [-0.2, 0) is 15.8 Å². The number of nitrogens with zero attached hydrogens (tertiary/aromatic N) is 2. The van der Waals surface area contributed by atoms with Gasteiger partial charge in [0.05, 0.1) is 23.5 Å². The van der Waals surface area contributed by atoms with Crippen molar-refractivity contribution >= 4 is 10.0 Å². The van der Waals surface area contributed by atoms with Gasteiger partial charge in [0.1, 0.15) is 5.54 Å². The van der Waals surface area contributed by atoms with Gasteiger partial charge in [0, 0.05) is 0 Å². The summed E-state index contributed by atoms with van der Waals surface area (Å²) in [6.07, 6.45) is 2.87. The summed E-state index contributed by atoms with van der Waals surface area (Å²) in [5, 5.41) is 17.9. The molecule has 5 nitrogen and oxygen atoms in total. The highest BCUT2D eigenvalue weighted by molar-refractivity contribution is 7.88. The molecule has 0 bridgehead atoms. The number of nitriles is 2. The Morgan fingerprint density at radius 2 is 1.75 bits per heavy atom. The number of hydrogen-bond donors (Lipinski definition) is 1. The van der Waals surface area contributed by atoms with Crippen molar-refractivity contribution in [1.82, 2.24) is 4.72 Å². The Labute approximate surface area is 118 Å². The third-order valence-corrected chi connectivity index (χ3v) is 4.88. The standard InChI is InChI=1S/C14H15N3O2S/c15-9-12-3-5-13(6-4-12)10-20(18,19)17-14(11-16)7-1-2-8-14/h3-6,17H,1-2,7-8,10H2. The van der Waals surface area contributed by atoms with E-state index in [4.69, 9.17) is 5.26 Å². The van der Waals surface area contributed by atoms with Crippen LogP contribution in [0.15, 0.2) is 24.3 Å². The lowest BCUT2D eigenvalue weighted by Gasteiger charge is -2.21. The van der Waals surface area contributed by atoms with Gasteiger partial charge >= 0.3 is 0 Å². The van der Waals surface area contributed by atoms with Crippen molar-refractivity contribution in [1.29, 1.82) is 10.5 Å². The molecule has 1 aromatic rings. The maximum Gasteiger partial charge on any atom is 0.217 e. The fraction of sp³-hybridized carbons (Fsp3) is 0.429. The van der Waals surface area contributed by atoms with Crippen LogP contribution in [0.2, 0.25) is 0 Å². The van der Waals surface area contributed by atoms with Crippen LogP contribution in [0.1, 0.15) is 36.8 Å². The molecule has 0 atom stereocenters. The Balaban J connectivity index is 2.11. The van der Waals surface area contributed by atoms with Crippen molar-refractivity contribution in [3.63, 3.8) is 0 Å². The quantitative estimate of drug-likeness (QED) is 0.914. The maximum absolute atomic E-state index is 12.1. The number of hydrogen-bond acceptors (Lipinski definition) is 4. The van der Waals surface area contributed by atoms with Gasteiger partial charge in [-0.15, -0.1) is 0 Å². The molecule has 0 amide bonds. The lowest BCUT2D eigenvalue weighted by atomic mass is 10.0. The van der Waals surface area contributed by atoms with Gasteiger partial charge in [-0.25, -0.2) is 8.42 Å². The van der Waals surface area contributed by atoms with Gasteiger partial charge in [0.25, 0.3) is 0 Å². The van der Waals surface area contributed by atoms with Crippen molar-refractivity contribution in [3.05, 3.63) is 35.4 Å². The summed E-state index contributed by atoms with van der Waals surface area (Å²) in [4.78, 5) is 0. The van der Waals surface area contributed by atoms with Crippen LogP contribution in [0, 0.1) is 22.7 Å². The lowest BCUT2D eigenvalue weighted by molar-refractivity contribution is 0.485. The van der Waals surface area contributed by atoms with Gasteiger partial charge in [0.15, 0.2) is 0 Å². The predicted octanol–water partition coefficient (Wildman–Crippen LogP) is 1.81. The van der Waals surface area contributed by atoms with Crippen molar-refractivity contribution in [3.8, 4) is 12.1 Å². The molecule has 1 fully saturated rings. The fourth-order valence-electron chi connectivity index (χ4n) is 2.44. The van der Waals surface area contributed by atoms with Crippen molar-refractivity contribution in [2.75, 3.05) is 0 Å². The van der Waals surface area contributed by atoms with Crippen molar-refractivity contribution in [2.24, 2.45) is 0 Å².